The quantitative estimate of drug-likeness (QED) is 0.724. The highest BCUT2D eigenvalue weighted by Crippen LogP contribution is 2.38. The first-order chi connectivity index (χ1) is 13.3. The Hall–Kier alpha value is -1.77. The summed E-state index contributed by atoms with van der Waals surface area (Å²) in [5.41, 5.74) is 1.63. The molecule has 1 saturated heterocycles. The number of benzene rings is 2. The standard InChI is InChI=1S/C19H18ClFN2O3S2/c1-26-15-6-4-14(5-7-15)23(9-12-2-3-13(21)8-16(12)20)19-22-17-10-28(24,25)11-18(17)27-19/h2-8,17-18H,9-11H2,1H3/t17-,18+/m1/s1. The predicted molar refractivity (Wildman–Crippen MR) is 112 cm³/mol. The minimum atomic E-state index is -3.02. The van der Waals surface area contributed by atoms with Crippen LogP contribution in [0.15, 0.2) is 47.5 Å². The van der Waals surface area contributed by atoms with Crippen molar-refractivity contribution in [3.63, 3.8) is 0 Å². The average molecular weight is 441 g/mol. The number of methoxy groups -OCH3 is 1. The molecule has 9 heteroatoms. The monoisotopic (exact) mass is 440 g/mol. The number of hydrogen-bond acceptors (Lipinski definition) is 6. The SMILES string of the molecule is COc1ccc(N(Cc2ccc(F)cc2Cl)C2=N[C@@H]3CS(=O)(=O)C[C@@H]3S2)cc1. The molecular weight excluding hydrogens is 423 g/mol. The minimum absolute atomic E-state index is 0.0653. The second-order valence-electron chi connectivity index (χ2n) is 6.73. The van der Waals surface area contributed by atoms with E-state index in [4.69, 9.17) is 16.3 Å². The minimum Gasteiger partial charge on any atom is -0.497 e. The van der Waals surface area contributed by atoms with Crippen LogP contribution < -0.4 is 9.64 Å². The van der Waals surface area contributed by atoms with Crippen LogP contribution in [0.3, 0.4) is 0 Å². The second kappa shape index (κ2) is 7.57. The van der Waals surface area contributed by atoms with Gasteiger partial charge in [-0.25, -0.2) is 12.8 Å². The third kappa shape index (κ3) is 3.99. The summed E-state index contributed by atoms with van der Waals surface area (Å²) in [4.78, 5) is 6.67. The summed E-state index contributed by atoms with van der Waals surface area (Å²) < 4.78 is 42.4. The number of nitrogens with zero attached hydrogens (tertiary/aromatic N) is 2. The summed E-state index contributed by atoms with van der Waals surface area (Å²) in [6.07, 6.45) is 0. The van der Waals surface area contributed by atoms with Crippen LogP contribution in [0.4, 0.5) is 10.1 Å². The maximum absolute atomic E-state index is 13.4. The lowest BCUT2D eigenvalue weighted by Gasteiger charge is -2.25. The molecule has 2 aliphatic rings. The van der Waals surface area contributed by atoms with Gasteiger partial charge in [0.25, 0.3) is 0 Å². The van der Waals surface area contributed by atoms with Crippen molar-refractivity contribution in [1.29, 1.82) is 0 Å². The van der Waals surface area contributed by atoms with E-state index in [9.17, 15) is 12.8 Å². The number of aliphatic imine (C=N–C) groups is 1. The first-order valence-electron chi connectivity index (χ1n) is 8.65. The molecule has 0 N–H and O–H groups in total. The molecule has 0 amide bonds. The summed E-state index contributed by atoms with van der Waals surface area (Å²) in [5, 5.41) is 1.02. The molecule has 2 aromatic rings. The molecule has 5 nitrogen and oxygen atoms in total. The Morgan fingerprint density at radius 3 is 2.64 bits per heavy atom. The van der Waals surface area contributed by atoms with Crippen molar-refractivity contribution < 1.29 is 17.5 Å². The Morgan fingerprint density at radius 2 is 2.00 bits per heavy atom. The Balaban J connectivity index is 1.67. The molecule has 2 aliphatic heterocycles. The van der Waals surface area contributed by atoms with Crippen LogP contribution in [0.25, 0.3) is 0 Å². The van der Waals surface area contributed by atoms with E-state index in [-0.39, 0.29) is 22.8 Å². The van der Waals surface area contributed by atoms with Crippen molar-refractivity contribution >= 4 is 44.1 Å². The lowest BCUT2D eigenvalue weighted by atomic mass is 10.2. The fraction of sp³-hybridized carbons (Fsp3) is 0.316. The van der Waals surface area contributed by atoms with Gasteiger partial charge in [0.05, 0.1) is 31.2 Å². The van der Waals surface area contributed by atoms with Crippen LogP contribution in [0.1, 0.15) is 5.56 Å². The molecule has 148 valence electrons. The first kappa shape index (κ1) is 19.5. The highest BCUT2D eigenvalue weighted by atomic mass is 35.5. The first-order valence-corrected chi connectivity index (χ1v) is 11.7. The topological polar surface area (TPSA) is 59.0 Å². The molecule has 0 unspecified atom stereocenters. The zero-order valence-corrected chi connectivity index (χ0v) is 17.4. The molecule has 0 radical (unpaired) electrons. The maximum atomic E-state index is 13.4. The van der Waals surface area contributed by atoms with Gasteiger partial charge in [-0.1, -0.05) is 29.4 Å². The molecule has 2 atom stereocenters. The second-order valence-corrected chi connectivity index (χ2v) is 10.5. The highest BCUT2D eigenvalue weighted by Gasteiger charge is 2.44. The largest absolute Gasteiger partial charge is 0.497 e. The molecule has 0 bridgehead atoms. The number of amidine groups is 1. The summed E-state index contributed by atoms with van der Waals surface area (Å²) in [6.45, 7) is 0.392. The predicted octanol–water partition coefficient (Wildman–Crippen LogP) is 3.76. The molecular formula is C19H18ClFN2O3S2. The smallest absolute Gasteiger partial charge is 0.164 e. The number of rotatable bonds is 4. The maximum Gasteiger partial charge on any atom is 0.164 e. The summed E-state index contributed by atoms with van der Waals surface area (Å²) in [6, 6.07) is 11.6. The van der Waals surface area contributed by atoms with Gasteiger partial charge in [-0.2, -0.15) is 0 Å². The van der Waals surface area contributed by atoms with Gasteiger partial charge in [0, 0.05) is 16.0 Å². The van der Waals surface area contributed by atoms with Gasteiger partial charge >= 0.3 is 0 Å². The highest BCUT2D eigenvalue weighted by molar-refractivity contribution is 8.15. The normalized spacial score (nSPS) is 22.6. The molecule has 2 heterocycles. The van der Waals surface area contributed by atoms with E-state index in [0.717, 1.165) is 22.2 Å². The zero-order chi connectivity index (χ0) is 19.9. The van der Waals surface area contributed by atoms with Crippen LogP contribution >= 0.6 is 23.4 Å². The third-order valence-corrected chi connectivity index (χ3v) is 8.36. The Kier molecular flexibility index (Phi) is 5.28. The van der Waals surface area contributed by atoms with Crippen LogP contribution in [-0.4, -0.2) is 43.5 Å². The van der Waals surface area contributed by atoms with Gasteiger partial charge < -0.3 is 9.64 Å². The number of anilines is 1. The number of hydrogen-bond donors (Lipinski definition) is 0. The molecule has 28 heavy (non-hydrogen) atoms. The van der Waals surface area contributed by atoms with Crippen molar-refractivity contribution in [2.24, 2.45) is 4.99 Å². The van der Waals surface area contributed by atoms with Crippen molar-refractivity contribution in [2.75, 3.05) is 23.5 Å². The Labute approximate surface area is 172 Å². The molecule has 1 fully saturated rings. The summed E-state index contributed by atoms with van der Waals surface area (Å²) in [5.74, 6) is 0.565. The van der Waals surface area contributed by atoms with E-state index in [1.54, 1.807) is 13.2 Å². The number of thioether (sulfide) groups is 1. The van der Waals surface area contributed by atoms with Crippen molar-refractivity contribution in [2.45, 2.75) is 17.8 Å². The Morgan fingerprint density at radius 1 is 1.25 bits per heavy atom. The van der Waals surface area contributed by atoms with Gasteiger partial charge in [0.15, 0.2) is 15.0 Å². The number of ether oxygens (including phenoxy) is 1. The van der Waals surface area contributed by atoms with Gasteiger partial charge in [-0.3, -0.25) is 4.99 Å². The fourth-order valence-corrected chi connectivity index (χ4v) is 7.33. The number of halogens is 2. The lowest BCUT2D eigenvalue weighted by Crippen LogP contribution is -2.28. The lowest BCUT2D eigenvalue weighted by molar-refractivity contribution is 0.415. The molecule has 0 saturated carbocycles. The summed E-state index contributed by atoms with van der Waals surface area (Å²) in [7, 11) is -1.42. The third-order valence-electron chi connectivity index (χ3n) is 4.76. The van der Waals surface area contributed by atoms with Crippen molar-refractivity contribution in [1.82, 2.24) is 0 Å². The summed E-state index contributed by atoms with van der Waals surface area (Å²) >= 11 is 7.71. The average Bonchev–Trinajstić information content (AvgIpc) is 3.14. The number of fused-ring (bicyclic) bond motifs is 1. The fourth-order valence-electron chi connectivity index (χ4n) is 3.32. The van der Waals surface area contributed by atoms with Gasteiger partial charge in [0.1, 0.15) is 11.6 Å². The molecule has 4 rings (SSSR count). The van der Waals surface area contributed by atoms with Crippen molar-refractivity contribution in [3.05, 3.63) is 58.9 Å². The number of sulfone groups is 1. The van der Waals surface area contributed by atoms with Crippen molar-refractivity contribution in [3.8, 4) is 5.75 Å². The zero-order valence-electron chi connectivity index (χ0n) is 15.0. The van der Waals surface area contributed by atoms with Crippen LogP contribution in [-0.2, 0) is 16.4 Å². The Bertz CT molecular complexity index is 1030. The van der Waals surface area contributed by atoms with E-state index in [1.807, 2.05) is 29.2 Å². The molecule has 2 aromatic carbocycles. The van der Waals surface area contributed by atoms with Crippen LogP contribution in [0.2, 0.25) is 5.02 Å². The van der Waals surface area contributed by atoms with E-state index in [2.05, 4.69) is 4.99 Å². The van der Waals surface area contributed by atoms with Crippen LogP contribution in [0.5, 0.6) is 5.75 Å². The molecule has 0 aromatic heterocycles. The van der Waals surface area contributed by atoms with E-state index in [1.165, 1.54) is 23.9 Å². The van der Waals surface area contributed by atoms with E-state index < -0.39 is 15.7 Å². The van der Waals surface area contributed by atoms with E-state index in [0.29, 0.717) is 11.6 Å². The van der Waals surface area contributed by atoms with E-state index >= 15 is 0 Å². The van der Waals surface area contributed by atoms with Gasteiger partial charge in [-0.15, -0.1) is 0 Å². The molecule has 0 spiro atoms. The molecule has 0 aliphatic carbocycles. The van der Waals surface area contributed by atoms with Crippen LogP contribution in [0, 0.1) is 5.82 Å². The van der Waals surface area contributed by atoms with Gasteiger partial charge in [0.2, 0.25) is 0 Å². The van der Waals surface area contributed by atoms with Gasteiger partial charge in [-0.05, 0) is 42.0 Å².